The van der Waals surface area contributed by atoms with Crippen LogP contribution in [0.15, 0.2) is 28.1 Å². The van der Waals surface area contributed by atoms with E-state index in [9.17, 15) is 13.2 Å². The summed E-state index contributed by atoms with van der Waals surface area (Å²) in [7, 11) is -3.52. The minimum atomic E-state index is -3.52. The third kappa shape index (κ3) is 4.09. The lowest BCUT2D eigenvalue weighted by atomic mass is 10.1. The third-order valence-corrected chi connectivity index (χ3v) is 5.23. The molecule has 24 heavy (non-hydrogen) atoms. The van der Waals surface area contributed by atoms with Gasteiger partial charge in [0.05, 0.1) is 0 Å². The zero-order valence-corrected chi connectivity index (χ0v) is 15.6. The number of carbonyl (C=O) groups is 1. The summed E-state index contributed by atoms with van der Waals surface area (Å²) in [6.07, 6.45) is 2.77. The molecular formula is C15H20N4O3S2. The van der Waals surface area contributed by atoms with E-state index in [1.54, 1.807) is 6.26 Å². The molecule has 1 amide bonds. The number of amides is 1. The van der Waals surface area contributed by atoms with Crippen LogP contribution in [0.2, 0.25) is 0 Å². The van der Waals surface area contributed by atoms with Crippen LogP contribution in [0, 0.1) is 13.8 Å². The number of hydrogen-bond donors (Lipinski definition) is 2. The van der Waals surface area contributed by atoms with E-state index in [0.717, 1.165) is 17.4 Å². The van der Waals surface area contributed by atoms with E-state index in [2.05, 4.69) is 10.4 Å². The van der Waals surface area contributed by atoms with E-state index in [0.29, 0.717) is 5.69 Å². The van der Waals surface area contributed by atoms with E-state index in [1.807, 2.05) is 32.0 Å². The molecule has 1 heterocycles. The number of anilines is 2. The highest BCUT2D eigenvalue weighted by Gasteiger charge is 2.24. The van der Waals surface area contributed by atoms with E-state index < -0.39 is 9.84 Å². The number of nitrogens with zero attached hydrogens (tertiary/aromatic N) is 2. The van der Waals surface area contributed by atoms with Gasteiger partial charge >= 0.3 is 0 Å². The number of rotatable bonds is 5. The zero-order chi connectivity index (χ0) is 18.1. The molecular weight excluding hydrogens is 348 g/mol. The summed E-state index contributed by atoms with van der Waals surface area (Å²) in [5.41, 5.74) is 8.63. The summed E-state index contributed by atoms with van der Waals surface area (Å²) in [4.78, 5) is 12.2. The van der Waals surface area contributed by atoms with Gasteiger partial charge in [-0.1, -0.05) is 6.07 Å². The lowest BCUT2D eigenvalue weighted by Gasteiger charge is -2.08. The topological polar surface area (TPSA) is 107 Å². The van der Waals surface area contributed by atoms with Gasteiger partial charge in [0, 0.05) is 11.9 Å². The monoisotopic (exact) mass is 368 g/mol. The second-order valence-corrected chi connectivity index (χ2v) is 8.33. The average molecular weight is 368 g/mol. The molecule has 0 bridgehead atoms. The van der Waals surface area contributed by atoms with Gasteiger partial charge in [-0.15, -0.1) is 11.8 Å². The molecule has 0 radical (unpaired) electrons. The fourth-order valence-corrected chi connectivity index (χ4v) is 4.44. The van der Waals surface area contributed by atoms with Crippen molar-refractivity contribution in [1.29, 1.82) is 0 Å². The fourth-order valence-electron chi connectivity index (χ4n) is 2.42. The Kier molecular flexibility index (Phi) is 5.24. The van der Waals surface area contributed by atoms with Gasteiger partial charge in [-0.3, -0.25) is 4.79 Å². The molecule has 0 aliphatic heterocycles. The van der Waals surface area contributed by atoms with Crippen molar-refractivity contribution in [2.24, 2.45) is 0 Å². The summed E-state index contributed by atoms with van der Waals surface area (Å²) in [5.74, 6) is -0.362. The predicted molar refractivity (Wildman–Crippen MR) is 96.1 cm³/mol. The maximum absolute atomic E-state index is 12.2. The highest BCUT2D eigenvalue weighted by atomic mass is 32.2. The number of nitrogens with one attached hydrogen (secondary N) is 1. The summed E-state index contributed by atoms with van der Waals surface area (Å²) in [6.45, 7) is 3.72. The molecule has 0 aliphatic carbocycles. The van der Waals surface area contributed by atoms with E-state index in [4.69, 9.17) is 5.73 Å². The molecule has 0 unspecified atom stereocenters. The van der Waals surface area contributed by atoms with Gasteiger partial charge in [0.25, 0.3) is 0 Å². The lowest BCUT2D eigenvalue weighted by molar-refractivity contribution is -0.116. The normalized spacial score (nSPS) is 11.5. The Morgan fingerprint density at radius 1 is 1.29 bits per heavy atom. The Hall–Kier alpha value is -2.00. The number of carbonyl (C=O) groups excluding carboxylic acids is 1. The number of sulfone groups is 1. The Balaban J connectivity index is 2.25. The standard InChI is InChI=1S/C15H20N4O3S2/c1-9-5-10(2)7-11(6-9)17-12(20)8-19-14(16)13(24(4,21)22)15(18-19)23-3/h5-7H,8,16H2,1-4H3,(H,17,20). The van der Waals surface area contributed by atoms with Gasteiger partial charge in [-0.05, 0) is 43.4 Å². The molecule has 0 spiro atoms. The third-order valence-electron chi connectivity index (χ3n) is 3.28. The number of benzene rings is 1. The molecule has 2 rings (SSSR count). The lowest BCUT2D eigenvalue weighted by Crippen LogP contribution is -2.21. The van der Waals surface area contributed by atoms with Crippen molar-refractivity contribution in [3.05, 3.63) is 29.3 Å². The number of nitrogens with two attached hydrogens (primary N) is 1. The van der Waals surface area contributed by atoms with E-state index in [1.165, 1.54) is 16.4 Å². The Labute approximate surface area is 145 Å². The van der Waals surface area contributed by atoms with Crippen LogP contribution in [0.1, 0.15) is 11.1 Å². The summed E-state index contributed by atoms with van der Waals surface area (Å²) >= 11 is 1.17. The highest BCUT2D eigenvalue weighted by Crippen LogP contribution is 2.29. The van der Waals surface area contributed by atoms with Gasteiger partial charge in [-0.25, -0.2) is 13.1 Å². The summed E-state index contributed by atoms with van der Waals surface area (Å²) in [6, 6.07) is 5.71. The molecule has 1 aromatic heterocycles. The number of hydrogen-bond acceptors (Lipinski definition) is 6. The van der Waals surface area contributed by atoms with Gasteiger partial charge < -0.3 is 11.1 Å². The number of aryl methyl sites for hydroxylation is 2. The number of aromatic nitrogens is 2. The summed E-state index contributed by atoms with van der Waals surface area (Å²) < 4.78 is 24.9. The highest BCUT2D eigenvalue weighted by molar-refractivity contribution is 7.99. The molecule has 0 saturated heterocycles. The van der Waals surface area contributed by atoms with Crippen molar-refractivity contribution in [2.75, 3.05) is 23.6 Å². The minimum absolute atomic E-state index is 0.0302. The largest absolute Gasteiger partial charge is 0.383 e. The van der Waals surface area contributed by atoms with Crippen molar-refractivity contribution >= 4 is 39.0 Å². The second-order valence-electron chi connectivity index (χ2n) is 5.58. The molecule has 130 valence electrons. The van der Waals surface area contributed by atoms with Crippen LogP contribution in [0.25, 0.3) is 0 Å². The number of thioether (sulfide) groups is 1. The first-order chi connectivity index (χ1) is 11.1. The second kappa shape index (κ2) is 6.86. The fraction of sp³-hybridized carbons (Fsp3) is 0.333. The molecule has 1 aromatic carbocycles. The molecule has 3 N–H and O–H groups in total. The molecule has 9 heteroatoms. The predicted octanol–water partition coefficient (Wildman–Crippen LogP) is 1.85. The minimum Gasteiger partial charge on any atom is -0.383 e. The Morgan fingerprint density at radius 2 is 1.88 bits per heavy atom. The Bertz CT molecular complexity index is 868. The van der Waals surface area contributed by atoms with Gasteiger partial charge in [0.1, 0.15) is 22.3 Å². The van der Waals surface area contributed by atoms with Crippen LogP contribution in [-0.4, -0.2) is 36.6 Å². The van der Waals surface area contributed by atoms with E-state index >= 15 is 0 Å². The summed E-state index contributed by atoms with van der Waals surface area (Å²) in [5, 5.41) is 7.19. The first kappa shape index (κ1) is 18.3. The van der Waals surface area contributed by atoms with Gasteiger partial charge in [-0.2, -0.15) is 5.10 Å². The first-order valence-electron chi connectivity index (χ1n) is 7.10. The quantitative estimate of drug-likeness (QED) is 0.780. The number of nitrogen functional groups attached to an aromatic ring is 1. The molecule has 0 saturated carbocycles. The maximum atomic E-state index is 12.2. The zero-order valence-electron chi connectivity index (χ0n) is 14.0. The molecule has 0 aliphatic rings. The smallest absolute Gasteiger partial charge is 0.246 e. The van der Waals surface area contributed by atoms with Crippen molar-refractivity contribution in [1.82, 2.24) is 9.78 Å². The SMILES string of the molecule is CSc1nn(CC(=O)Nc2cc(C)cc(C)c2)c(N)c1S(C)(=O)=O. The first-order valence-corrected chi connectivity index (χ1v) is 10.2. The average Bonchev–Trinajstić information content (AvgIpc) is 2.73. The van der Waals surface area contributed by atoms with Crippen molar-refractivity contribution < 1.29 is 13.2 Å². The van der Waals surface area contributed by atoms with Crippen LogP contribution in [0.3, 0.4) is 0 Å². The Morgan fingerprint density at radius 3 is 2.33 bits per heavy atom. The van der Waals surface area contributed by atoms with Crippen LogP contribution >= 0.6 is 11.8 Å². The molecule has 0 atom stereocenters. The van der Waals surface area contributed by atoms with Crippen molar-refractivity contribution in [3.8, 4) is 0 Å². The molecule has 2 aromatic rings. The maximum Gasteiger partial charge on any atom is 0.246 e. The van der Waals surface area contributed by atoms with Crippen LogP contribution in [0.4, 0.5) is 11.5 Å². The van der Waals surface area contributed by atoms with Crippen molar-refractivity contribution in [3.63, 3.8) is 0 Å². The van der Waals surface area contributed by atoms with Gasteiger partial charge in [0.15, 0.2) is 9.84 Å². The molecule has 7 nitrogen and oxygen atoms in total. The van der Waals surface area contributed by atoms with Crippen LogP contribution in [0.5, 0.6) is 0 Å². The van der Waals surface area contributed by atoms with E-state index in [-0.39, 0.29) is 28.2 Å². The van der Waals surface area contributed by atoms with Crippen molar-refractivity contribution in [2.45, 2.75) is 30.3 Å². The van der Waals surface area contributed by atoms with Crippen LogP contribution in [-0.2, 0) is 21.2 Å². The van der Waals surface area contributed by atoms with Gasteiger partial charge in [0.2, 0.25) is 5.91 Å². The molecule has 0 fully saturated rings. The van der Waals surface area contributed by atoms with Crippen LogP contribution < -0.4 is 11.1 Å².